The molecular weight excluding hydrogens is 290 g/mol. The topological polar surface area (TPSA) is 69.1 Å². The summed E-state index contributed by atoms with van der Waals surface area (Å²) in [5.41, 5.74) is 8.07. The molecule has 5 nitrogen and oxygen atoms in total. The molecule has 0 saturated heterocycles. The normalized spacial score (nSPS) is 16.4. The molecule has 1 saturated carbocycles. The van der Waals surface area contributed by atoms with Crippen molar-refractivity contribution in [3.63, 3.8) is 0 Å². The molecule has 3 aromatic rings. The van der Waals surface area contributed by atoms with Crippen LogP contribution in [-0.4, -0.2) is 19.8 Å². The Bertz CT molecular complexity index is 763. The third kappa shape index (κ3) is 1.76. The Morgan fingerprint density at radius 1 is 1.30 bits per heavy atom. The second-order valence-corrected chi connectivity index (χ2v) is 7.14. The van der Waals surface area contributed by atoms with E-state index in [0.29, 0.717) is 5.92 Å². The van der Waals surface area contributed by atoms with Crippen molar-refractivity contribution in [2.75, 3.05) is 5.73 Å². The largest absolute Gasteiger partial charge is 0.397 e. The van der Waals surface area contributed by atoms with Gasteiger partial charge in [-0.25, -0.2) is 0 Å². The van der Waals surface area contributed by atoms with E-state index in [1.54, 1.807) is 22.7 Å². The Balaban J connectivity index is 1.81. The zero-order valence-corrected chi connectivity index (χ0v) is 12.8. The fraction of sp³-hybridized carbons (Fsp3) is 0.462. The van der Waals surface area contributed by atoms with Crippen molar-refractivity contribution < 1.29 is 0 Å². The van der Waals surface area contributed by atoms with Crippen LogP contribution in [-0.2, 0) is 0 Å². The van der Waals surface area contributed by atoms with E-state index in [9.17, 15) is 0 Å². The molecule has 0 unspecified atom stereocenters. The maximum atomic E-state index is 6.12. The molecule has 1 aliphatic carbocycles. The minimum atomic E-state index is 0.516. The predicted molar refractivity (Wildman–Crippen MR) is 82.3 cm³/mol. The summed E-state index contributed by atoms with van der Waals surface area (Å²) in [5, 5.41) is 16.3. The van der Waals surface area contributed by atoms with Gasteiger partial charge in [0, 0.05) is 5.92 Å². The second kappa shape index (κ2) is 4.53. The van der Waals surface area contributed by atoms with Crippen molar-refractivity contribution in [2.24, 2.45) is 0 Å². The number of nitrogen functional groups attached to an aromatic ring is 1. The van der Waals surface area contributed by atoms with Gasteiger partial charge in [-0.3, -0.25) is 0 Å². The Morgan fingerprint density at radius 3 is 2.80 bits per heavy atom. The molecule has 2 N–H and O–H groups in total. The van der Waals surface area contributed by atoms with Crippen LogP contribution in [0.3, 0.4) is 0 Å². The molecule has 7 heteroatoms. The first-order chi connectivity index (χ1) is 9.74. The number of nitrogens with two attached hydrogens (primary N) is 1. The Hall–Kier alpha value is -1.47. The van der Waals surface area contributed by atoms with E-state index in [1.165, 1.54) is 25.7 Å². The summed E-state index contributed by atoms with van der Waals surface area (Å²) in [6.07, 6.45) is 4.98. The molecule has 0 atom stereocenters. The van der Waals surface area contributed by atoms with Crippen molar-refractivity contribution >= 4 is 33.3 Å². The zero-order chi connectivity index (χ0) is 13.7. The van der Waals surface area contributed by atoms with Crippen LogP contribution in [0.5, 0.6) is 0 Å². The average Bonchev–Trinajstić information content (AvgIpc) is 3.15. The molecule has 0 amide bonds. The summed E-state index contributed by atoms with van der Waals surface area (Å²) in [4.78, 5) is 1.92. The molecule has 4 rings (SSSR count). The molecule has 0 aliphatic heterocycles. The maximum Gasteiger partial charge on any atom is 0.235 e. The number of hydrogen-bond acceptors (Lipinski definition) is 6. The lowest BCUT2D eigenvalue weighted by molar-refractivity contribution is 0.641. The molecule has 3 aromatic heterocycles. The molecule has 104 valence electrons. The monoisotopic (exact) mass is 305 g/mol. The molecule has 0 spiro atoms. The quantitative estimate of drug-likeness (QED) is 0.787. The number of rotatable bonds is 2. The van der Waals surface area contributed by atoms with Gasteiger partial charge >= 0.3 is 0 Å². The summed E-state index contributed by atoms with van der Waals surface area (Å²) in [5.74, 6) is 1.54. The van der Waals surface area contributed by atoms with Crippen LogP contribution in [0.2, 0.25) is 0 Å². The lowest BCUT2D eigenvalue weighted by Gasteiger charge is -2.03. The smallest absolute Gasteiger partial charge is 0.235 e. The van der Waals surface area contributed by atoms with Crippen LogP contribution in [0.4, 0.5) is 5.69 Å². The summed E-state index contributed by atoms with van der Waals surface area (Å²) in [6, 6.07) is 0. The van der Waals surface area contributed by atoms with Crippen LogP contribution in [0.15, 0.2) is 5.38 Å². The lowest BCUT2D eigenvalue weighted by Crippen LogP contribution is -2.01. The highest BCUT2D eigenvalue weighted by Crippen LogP contribution is 2.38. The number of hydrogen-bond donors (Lipinski definition) is 1. The van der Waals surface area contributed by atoms with Crippen LogP contribution in [0, 0.1) is 6.92 Å². The van der Waals surface area contributed by atoms with Gasteiger partial charge in [-0.1, -0.05) is 24.2 Å². The van der Waals surface area contributed by atoms with E-state index in [4.69, 9.17) is 10.8 Å². The van der Waals surface area contributed by atoms with Gasteiger partial charge in [0.2, 0.25) is 4.96 Å². The predicted octanol–water partition coefficient (Wildman–Crippen LogP) is 3.46. The maximum absolute atomic E-state index is 6.12. The Labute approximate surface area is 124 Å². The van der Waals surface area contributed by atoms with E-state index in [2.05, 4.69) is 15.6 Å². The molecule has 0 aromatic carbocycles. The van der Waals surface area contributed by atoms with Gasteiger partial charge in [0.05, 0.1) is 10.6 Å². The number of nitrogens with zero attached hydrogens (tertiary/aromatic N) is 4. The van der Waals surface area contributed by atoms with E-state index >= 15 is 0 Å². The van der Waals surface area contributed by atoms with Crippen LogP contribution < -0.4 is 5.73 Å². The minimum Gasteiger partial charge on any atom is -0.397 e. The summed E-state index contributed by atoms with van der Waals surface area (Å²) < 4.78 is 1.92. The van der Waals surface area contributed by atoms with Gasteiger partial charge in [0.15, 0.2) is 10.8 Å². The standard InChI is InChI=1S/C13H15N5S2/c1-7-6-19-10(9(7)14)12-17-18-11(8-4-2-3-5-8)15-16-13(18)20-12/h6,8H,2-5,14H2,1H3. The van der Waals surface area contributed by atoms with Crippen LogP contribution in [0.1, 0.15) is 43.0 Å². The third-order valence-electron chi connectivity index (χ3n) is 3.95. The van der Waals surface area contributed by atoms with E-state index in [-0.39, 0.29) is 0 Å². The molecule has 0 radical (unpaired) electrons. The molecule has 3 heterocycles. The SMILES string of the molecule is Cc1csc(-c2nn3c(C4CCCC4)nnc3s2)c1N. The number of aromatic nitrogens is 4. The highest BCUT2D eigenvalue weighted by Gasteiger charge is 2.24. The van der Waals surface area contributed by atoms with Crippen LogP contribution in [0.25, 0.3) is 14.8 Å². The zero-order valence-electron chi connectivity index (χ0n) is 11.2. The second-order valence-electron chi connectivity index (χ2n) is 5.30. The first kappa shape index (κ1) is 12.3. The fourth-order valence-electron chi connectivity index (χ4n) is 2.78. The van der Waals surface area contributed by atoms with Gasteiger partial charge in [-0.05, 0) is 30.7 Å². The van der Waals surface area contributed by atoms with Crippen molar-refractivity contribution in [1.29, 1.82) is 0 Å². The first-order valence-electron chi connectivity index (χ1n) is 6.80. The van der Waals surface area contributed by atoms with E-state index in [0.717, 1.165) is 31.9 Å². The highest BCUT2D eigenvalue weighted by molar-refractivity contribution is 7.24. The highest BCUT2D eigenvalue weighted by atomic mass is 32.1. The summed E-state index contributed by atoms with van der Waals surface area (Å²) in [6.45, 7) is 2.03. The molecule has 1 aliphatic rings. The van der Waals surface area contributed by atoms with Gasteiger partial charge in [-0.2, -0.15) is 9.61 Å². The summed E-state index contributed by atoms with van der Waals surface area (Å²) >= 11 is 3.21. The lowest BCUT2D eigenvalue weighted by atomic mass is 10.1. The van der Waals surface area contributed by atoms with Gasteiger partial charge < -0.3 is 5.73 Å². The number of fused-ring (bicyclic) bond motifs is 1. The number of aryl methyl sites for hydroxylation is 1. The number of anilines is 1. The molecule has 1 fully saturated rings. The van der Waals surface area contributed by atoms with Crippen LogP contribution >= 0.6 is 22.7 Å². The average molecular weight is 305 g/mol. The first-order valence-corrected chi connectivity index (χ1v) is 8.49. The minimum absolute atomic E-state index is 0.516. The fourth-order valence-corrected chi connectivity index (χ4v) is 4.70. The Kier molecular flexibility index (Phi) is 2.78. The molecule has 20 heavy (non-hydrogen) atoms. The van der Waals surface area contributed by atoms with Gasteiger partial charge in [0.25, 0.3) is 0 Å². The van der Waals surface area contributed by atoms with Gasteiger partial charge in [-0.15, -0.1) is 21.5 Å². The summed E-state index contributed by atoms with van der Waals surface area (Å²) in [7, 11) is 0. The molecule has 0 bridgehead atoms. The Morgan fingerprint density at radius 2 is 2.10 bits per heavy atom. The van der Waals surface area contributed by atoms with Crippen molar-refractivity contribution in [1.82, 2.24) is 19.8 Å². The number of thiophene rings is 1. The van der Waals surface area contributed by atoms with E-state index < -0.39 is 0 Å². The molecular formula is C13H15N5S2. The van der Waals surface area contributed by atoms with E-state index in [1.807, 2.05) is 11.4 Å². The van der Waals surface area contributed by atoms with Crippen molar-refractivity contribution in [3.8, 4) is 9.88 Å². The third-order valence-corrected chi connectivity index (χ3v) is 6.12. The van der Waals surface area contributed by atoms with Crippen molar-refractivity contribution in [3.05, 3.63) is 16.8 Å². The van der Waals surface area contributed by atoms with Gasteiger partial charge in [0.1, 0.15) is 0 Å². The van der Waals surface area contributed by atoms with Crippen molar-refractivity contribution in [2.45, 2.75) is 38.5 Å².